The topological polar surface area (TPSA) is 84.3 Å². The number of carbonyl (C=O) groups is 1. The van der Waals surface area contributed by atoms with Gasteiger partial charge in [0.05, 0.1) is 22.3 Å². The standard InChI is InChI=1S/C25H21N3O3/c29-23-15-18(17-9-6-10-19(13-17)28(30)31)14-22-24(23)25(16-7-2-1-3-8-16)27-21-12-5-4-11-20(21)26-22/h1-13,18,25-27H,14-15H2/t18-,25+/m0/s1. The highest BCUT2D eigenvalue weighted by Crippen LogP contribution is 2.44. The normalized spacial score (nSPS) is 20.1. The highest BCUT2D eigenvalue weighted by atomic mass is 16.6. The maximum atomic E-state index is 13.4. The van der Waals surface area contributed by atoms with Crippen LogP contribution in [0.2, 0.25) is 0 Å². The molecule has 3 aromatic carbocycles. The molecule has 0 saturated carbocycles. The van der Waals surface area contributed by atoms with Crippen LogP contribution in [0.1, 0.15) is 35.9 Å². The van der Waals surface area contributed by atoms with Gasteiger partial charge in [-0.25, -0.2) is 0 Å². The fraction of sp³-hybridized carbons (Fsp3) is 0.160. The smallest absolute Gasteiger partial charge is 0.269 e. The lowest BCUT2D eigenvalue weighted by Gasteiger charge is -2.29. The third-order valence-electron chi connectivity index (χ3n) is 5.99. The number of non-ortho nitro benzene ring substituents is 1. The summed E-state index contributed by atoms with van der Waals surface area (Å²) in [6.07, 6.45) is 0.935. The highest BCUT2D eigenvalue weighted by molar-refractivity contribution is 6.01. The SMILES string of the molecule is O=C1C[C@@H](c2cccc([N+](=O)[O-])c2)CC2=C1[C@@H](c1ccccc1)Nc1ccccc1N2. The van der Waals surface area contributed by atoms with E-state index in [1.54, 1.807) is 12.1 Å². The summed E-state index contributed by atoms with van der Waals surface area (Å²) in [4.78, 5) is 24.3. The van der Waals surface area contributed by atoms with E-state index in [2.05, 4.69) is 10.6 Å². The van der Waals surface area contributed by atoms with Crippen LogP contribution in [0.5, 0.6) is 0 Å². The molecule has 0 aromatic heterocycles. The Kier molecular flexibility index (Phi) is 4.75. The van der Waals surface area contributed by atoms with Gasteiger partial charge in [-0.05, 0) is 35.6 Å². The molecule has 6 nitrogen and oxygen atoms in total. The Balaban J connectivity index is 1.59. The fourth-order valence-corrected chi connectivity index (χ4v) is 4.52. The van der Waals surface area contributed by atoms with Crippen LogP contribution in [0.3, 0.4) is 0 Å². The first kappa shape index (κ1) is 19.1. The average molecular weight is 411 g/mol. The summed E-state index contributed by atoms with van der Waals surface area (Å²) >= 11 is 0. The van der Waals surface area contributed by atoms with Crippen molar-refractivity contribution in [3.63, 3.8) is 0 Å². The Labute approximate surface area is 179 Å². The van der Waals surface area contributed by atoms with Gasteiger partial charge in [0.2, 0.25) is 0 Å². The Morgan fingerprint density at radius 2 is 1.55 bits per heavy atom. The van der Waals surface area contributed by atoms with Crippen LogP contribution >= 0.6 is 0 Å². The van der Waals surface area contributed by atoms with Crippen molar-refractivity contribution in [2.75, 3.05) is 10.6 Å². The van der Waals surface area contributed by atoms with Crippen molar-refractivity contribution in [3.8, 4) is 0 Å². The highest BCUT2D eigenvalue weighted by Gasteiger charge is 2.36. The number of nitrogens with one attached hydrogen (secondary N) is 2. The lowest BCUT2D eigenvalue weighted by atomic mass is 9.78. The number of hydrogen-bond donors (Lipinski definition) is 2. The molecule has 1 aliphatic heterocycles. The Bertz CT molecular complexity index is 1200. The molecule has 2 atom stereocenters. The lowest BCUT2D eigenvalue weighted by molar-refractivity contribution is -0.384. The summed E-state index contributed by atoms with van der Waals surface area (Å²) in [6, 6.07) is 24.2. The molecule has 0 amide bonds. The fourth-order valence-electron chi connectivity index (χ4n) is 4.52. The van der Waals surface area contributed by atoms with E-state index in [4.69, 9.17) is 0 Å². The largest absolute Gasteiger partial charge is 0.372 e. The maximum Gasteiger partial charge on any atom is 0.269 e. The number of benzene rings is 3. The summed E-state index contributed by atoms with van der Waals surface area (Å²) < 4.78 is 0. The number of Topliss-reactive ketones (excluding diaryl/α,β-unsaturated/α-hetero) is 1. The van der Waals surface area contributed by atoms with Crippen LogP contribution in [-0.2, 0) is 4.79 Å². The Hall–Kier alpha value is -3.93. The van der Waals surface area contributed by atoms with Gasteiger partial charge < -0.3 is 10.6 Å². The Morgan fingerprint density at radius 1 is 0.839 bits per heavy atom. The summed E-state index contributed by atoms with van der Waals surface area (Å²) in [6.45, 7) is 0. The van der Waals surface area contributed by atoms with Crippen molar-refractivity contribution in [2.24, 2.45) is 0 Å². The van der Waals surface area contributed by atoms with Gasteiger partial charge in [-0.15, -0.1) is 0 Å². The van der Waals surface area contributed by atoms with E-state index in [1.807, 2.05) is 60.7 Å². The van der Waals surface area contributed by atoms with Crippen LogP contribution in [0.15, 0.2) is 90.1 Å². The zero-order valence-electron chi connectivity index (χ0n) is 16.7. The number of nitro groups is 1. The molecule has 1 aliphatic carbocycles. The molecular formula is C25H21N3O3. The molecule has 6 heteroatoms. The number of hydrogen-bond acceptors (Lipinski definition) is 5. The van der Waals surface area contributed by atoms with Gasteiger partial charge >= 0.3 is 0 Å². The second kappa shape index (κ2) is 7.72. The molecule has 5 rings (SSSR count). The van der Waals surface area contributed by atoms with Gasteiger partial charge in [0, 0.05) is 29.8 Å². The molecule has 0 bridgehead atoms. The summed E-state index contributed by atoms with van der Waals surface area (Å²) in [5.41, 5.74) is 5.36. The number of carbonyl (C=O) groups excluding carboxylic acids is 1. The van der Waals surface area contributed by atoms with E-state index < -0.39 is 4.92 Å². The predicted octanol–water partition coefficient (Wildman–Crippen LogP) is 5.57. The zero-order valence-corrected chi connectivity index (χ0v) is 16.7. The number of nitrogens with zero attached hydrogens (tertiary/aromatic N) is 1. The first-order chi connectivity index (χ1) is 15.1. The summed E-state index contributed by atoms with van der Waals surface area (Å²) in [5.74, 6) is -0.0558. The number of rotatable bonds is 3. The minimum Gasteiger partial charge on any atom is -0.372 e. The van der Waals surface area contributed by atoms with Gasteiger partial charge in [-0.1, -0.05) is 54.6 Å². The second-order valence-corrected chi connectivity index (χ2v) is 7.93. The van der Waals surface area contributed by atoms with Gasteiger partial charge in [-0.2, -0.15) is 0 Å². The minimum atomic E-state index is -0.395. The van der Waals surface area contributed by atoms with Gasteiger partial charge in [-0.3, -0.25) is 14.9 Å². The molecule has 0 radical (unpaired) electrons. The molecule has 154 valence electrons. The third-order valence-corrected chi connectivity index (χ3v) is 5.99. The first-order valence-corrected chi connectivity index (χ1v) is 10.3. The molecule has 0 saturated heterocycles. The molecule has 0 fully saturated rings. The zero-order chi connectivity index (χ0) is 21.4. The van der Waals surface area contributed by atoms with Gasteiger partial charge in [0.1, 0.15) is 0 Å². The van der Waals surface area contributed by atoms with Gasteiger partial charge in [0.15, 0.2) is 5.78 Å². The van der Waals surface area contributed by atoms with E-state index in [1.165, 1.54) is 6.07 Å². The van der Waals surface area contributed by atoms with Crippen molar-refractivity contribution < 1.29 is 9.72 Å². The van der Waals surface area contributed by atoms with Gasteiger partial charge in [0.25, 0.3) is 5.69 Å². The molecule has 31 heavy (non-hydrogen) atoms. The number of allylic oxidation sites excluding steroid dienone is 1. The van der Waals surface area contributed by atoms with Crippen LogP contribution in [0.4, 0.5) is 17.1 Å². The Morgan fingerprint density at radius 3 is 2.32 bits per heavy atom. The van der Waals surface area contributed by atoms with Crippen LogP contribution in [0, 0.1) is 10.1 Å². The quantitative estimate of drug-likeness (QED) is 0.434. The first-order valence-electron chi connectivity index (χ1n) is 10.3. The van der Waals surface area contributed by atoms with E-state index in [9.17, 15) is 14.9 Å². The van der Waals surface area contributed by atoms with E-state index in [0.717, 1.165) is 33.8 Å². The van der Waals surface area contributed by atoms with Crippen LogP contribution in [-0.4, -0.2) is 10.7 Å². The lowest BCUT2D eigenvalue weighted by Crippen LogP contribution is -2.26. The van der Waals surface area contributed by atoms with Crippen molar-refractivity contribution in [1.82, 2.24) is 0 Å². The molecular weight excluding hydrogens is 390 g/mol. The molecule has 2 N–H and O–H groups in total. The van der Waals surface area contributed by atoms with Crippen LogP contribution in [0.25, 0.3) is 0 Å². The van der Waals surface area contributed by atoms with E-state index in [-0.39, 0.29) is 23.4 Å². The van der Waals surface area contributed by atoms with Crippen molar-refractivity contribution in [3.05, 3.63) is 111 Å². The maximum absolute atomic E-state index is 13.4. The molecule has 0 spiro atoms. The number of para-hydroxylation sites is 2. The minimum absolute atomic E-state index is 0.0488. The van der Waals surface area contributed by atoms with E-state index in [0.29, 0.717) is 12.8 Å². The predicted molar refractivity (Wildman–Crippen MR) is 120 cm³/mol. The van der Waals surface area contributed by atoms with Crippen molar-refractivity contribution in [2.45, 2.75) is 24.8 Å². The average Bonchev–Trinajstić information content (AvgIpc) is 2.96. The van der Waals surface area contributed by atoms with E-state index >= 15 is 0 Å². The third kappa shape index (κ3) is 3.57. The number of ketones is 1. The summed E-state index contributed by atoms with van der Waals surface area (Å²) in [7, 11) is 0. The van der Waals surface area contributed by atoms with Crippen molar-refractivity contribution in [1.29, 1.82) is 0 Å². The molecule has 2 aliphatic rings. The van der Waals surface area contributed by atoms with Crippen molar-refractivity contribution >= 4 is 22.8 Å². The monoisotopic (exact) mass is 411 g/mol. The number of anilines is 2. The number of fused-ring (bicyclic) bond motifs is 1. The number of nitro benzene ring substituents is 1. The summed E-state index contributed by atoms with van der Waals surface area (Å²) in [5, 5.41) is 18.3. The molecule has 0 unspecified atom stereocenters. The van der Waals surface area contributed by atoms with Crippen LogP contribution < -0.4 is 10.6 Å². The second-order valence-electron chi connectivity index (χ2n) is 7.93. The molecule has 1 heterocycles. The molecule has 3 aromatic rings.